The van der Waals surface area contributed by atoms with Gasteiger partial charge in [-0.1, -0.05) is 13.8 Å². The topological polar surface area (TPSA) is 175 Å². The first-order valence-corrected chi connectivity index (χ1v) is 14.1. The van der Waals surface area contributed by atoms with Crippen molar-refractivity contribution in [2.45, 2.75) is 95.1 Å². The summed E-state index contributed by atoms with van der Waals surface area (Å²) in [7, 11) is 0. The number of aliphatic hydroxyl groups excluding tert-OH is 2. The lowest BCUT2D eigenvalue weighted by Gasteiger charge is -2.65. The molecule has 2 aromatic rings. The van der Waals surface area contributed by atoms with Crippen LogP contribution >= 0.6 is 0 Å². The number of rotatable bonds is 8. The summed E-state index contributed by atoms with van der Waals surface area (Å²) < 4.78 is 34.6. The van der Waals surface area contributed by atoms with Crippen LogP contribution in [0, 0.1) is 17.3 Å². The Hall–Kier alpha value is -3.19. The number of hydrogen-bond donors (Lipinski definition) is 3. The quantitative estimate of drug-likeness (QED) is 0.303. The van der Waals surface area contributed by atoms with Crippen molar-refractivity contribution < 1.29 is 57.5 Å². The van der Waals surface area contributed by atoms with E-state index >= 15 is 0 Å². The third-order valence-corrected chi connectivity index (χ3v) is 9.63. The molecule has 12 nitrogen and oxygen atoms in total. The van der Waals surface area contributed by atoms with Crippen molar-refractivity contribution in [2.75, 3.05) is 6.61 Å². The van der Waals surface area contributed by atoms with E-state index in [2.05, 4.69) is 0 Å². The van der Waals surface area contributed by atoms with E-state index < -0.39 is 83.0 Å². The number of carbonyl (C=O) groups excluding carboxylic acids is 3. The molecule has 2 bridgehead atoms. The number of fused-ring (bicyclic) bond motifs is 1. The molecule has 9 unspecified atom stereocenters. The SMILES string of the molecule is CCC(C)C(=O)OC1C(OC(=O)c2ccoc2)CC(C)(O)C23OC(C)(C)C(CC(OC(=O)c4ccoc4)C12CO)C3O. The van der Waals surface area contributed by atoms with E-state index in [9.17, 15) is 29.7 Å². The number of ether oxygens (including phenoxy) is 4. The molecule has 12 heteroatoms. The summed E-state index contributed by atoms with van der Waals surface area (Å²) in [5.41, 5.74) is -6.88. The molecule has 2 aliphatic carbocycles. The second-order valence-electron chi connectivity index (χ2n) is 12.4. The zero-order valence-electron chi connectivity index (χ0n) is 24.3. The molecule has 5 rings (SSSR count). The van der Waals surface area contributed by atoms with Gasteiger partial charge in [0.2, 0.25) is 0 Å². The molecule has 1 saturated heterocycles. The standard InChI is InChI=1S/C30H38O12/c1-6-16(2)24(33)41-23-20(39-25(34)17-7-9-37-13-17)12-28(5,36)30-22(32)19(27(3,4)42-30)11-21(29(23,30)15-31)40-26(35)18-8-10-38-14-18/h7-10,13-14,16,19-23,31-32,36H,6,11-12,15H2,1-5H3. The maximum atomic E-state index is 13.4. The van der Waals surface area contributed by atoms with E-state index in [1.54, 1.807) is 27.7 Å². The summed E-state index contributed by atoms with van der Waals surface area (Å²) in [6.45, 7) is 7.46. The fourth-order valence-electron chi connectivity index (χ4n) is 7.30. The highest BCUT2D eigenvalue weighted by Crippen LogP contribution is 2.68. The Bertz CT molecular complexity index is 1300. The van der Waals surface area contributed by atoms with Gasteiger partial charge in [0.15, 0.2) is 6.10 Å². The average molecular weight is 591 g/mol. The van der Waals surface area contributed by atoms with Crippen molar-refractivity contribution >= 4 is 17.9 Å². The molecule has 230 valence electrons. The van der Waals surface area contributed by atoms with Gasteiger partial charge in [-0.15, -0.1) is 0 Å². The summed E-state index contributed by atoms with van der Waals surface area (Å²) in [5, 5.41) is 35.5. The van der Waals surface area contributed by atoms with Crippen LogP contribution < -0.4 is 0 Å². The Morgan fingerprint density at radius 1 is 1.02 bits per heavy atom. The highest BCUT2D eigenvalue weighted by atomic mass is 16.6. The zero-order chi connectivity index (χ0) is 30.7. The van der Waals surface area contributed by atoms with Gasteiger partial charge in [0.1, 0.15) is 35.8 Å². The highest BCUT2D eigenvalue weighted by Gasteiger charge is 2.84. The van der Waals surface area contributed by atoms with Crippen LogP contribution in [-0.2, 0) is 23.7 Å². The van der Waals surface area contributed by atoms with E-state index in [4.69, 9.17) is 27.8 Å². The largest absolute Gasteiger partial charge is 0.472 e. The molecule has 2 aromatic heterocycles. The van der Waals surface area contributed by atoms with E-state index in [-0.39, 0.29) is 24.0 Å². The number of aliphatic hydroxyl groups is 3. The molecule has 42 heavy (non-hydrogen) atoms. The molecule has 3 aliphatic rings. The van der Waals surface area contributed by atoms with Gasteiger partial charge < -0.3 is 43.1 Å². The van der Waals surface area contributed by atoms with Crippen LogP contribution in [0.15, 0.2) is 46.0 Å². The molecule has 0 aromatic carbocycles. The van der Waals surface area contributed by atoms with Gasteiger partial charge in [0.25, 0.3) is 0 Å². The van der Waals surface area contributed by atoms with Gasteiger partial charge in [0, 0.05) is 12.3 Å². The van der Waals surface area contributed by atoms with Gasteiger partial charge in [0.05, 0.1) is 53.5 Å². The van der Waals surface area contributed by atoms with Crippen LogP contribution in [-0.4, -0.2) is 81.1 Å². The lowest BCUT2D eigenvalue weighted by Crippen LogP contribution is -2.83. The maximum Gasteiger partial charge on any atom is 0.341 e. The first-order chi connectivity index (χ1) is 19.8. The third kappa shape index (κ3) is 4.30. The predicted octanol–water partition coefficient (Wildman–Crippen LogP) is 2.64. The molecule has 2 saturated carbocycles. The molecule has 0 radical (unpaired) electrons. The van der Waals surface area contributed by atoms with Gasteiger partial charge in [-0.3, -0.25) is 4.79 Å². The van der Waals surface area contributed by atoms with E-state index in [1.807, 2.05) is 0 Å². The summed E-state index contributed by atoms with van der Waals surface area (Å²) >= 11 is 0. The molecule has 1 aliphatic heterocycles. The fourth-order valence-corrected chi connectivity index (χ4v) is 7.30. The van der Waals surface area contributed by atoms with Crippen molar-refractivity contribution in [3.8, 4) is 0 Å². The van der Waals surface area contributed by atoms with Crippen molar-refractivity contribution in [2.24, 2.45) is 17.3 Å². The van der Waals surface area contributed by atoms with Gasteiger partial charge in [-0.05, 0) is 45.7 Å². The Morgan fingerprint density at radius 3 is 2.14 bits per heavy atom. The van der Waals surface area contributed by atoms with Crippen molar-refractivity contribution in [1.29, 1.82) is 0 Å². The zero-order valence-corrected chi connectivity index (χ0v) is 24.3. The predicted molar refractivity (Wildman–Crippen MR) is 142 cm³/mol. The lowest BCUT2D eigenvalue weighted by atomic mass is 9.46. The monoisotopic (exact) mass is 590 g/mol. The minimum atomic E-state index is -2.01. The second kappa shape index (κ2) is 10.5. The Labute approximate surface area is 242 Å². The Kier molecular flexibility index (Phi) is 7.58. The van der Waals surface area contributed by atoms with Crippen molar-refractivity contribution in [1.82, 2.24) is 0 Å². The molecular weight excluding hydrogens is 552 g/mol. The van der Waals surface area contributed by atoms with E-state index in [0.29, 0.717) is 6.42 Å². The van der Waals surface area contributed by atoms with Crippen LogP contribution in [0.3, 0.4) is 0 Å². The van der Waals surface area contributed by atoms with Gasteiger partial charge in [-0.2, -0.15) is 0 Å². The number of furan rings is 2. The number of esters is 3. The molecule has 3 N–H and O–H groups in total. The Balaban J connectivity index is 1.70. The van der Waals surface area contributed by atoms with Crippen LogP contribution in [0.5, 0.6) is 0 Å². The second-order valence-corrected chi connectivity index (χ2v) is 12.4. The first-order valence-electron chi connectivity index (χ1n) is 14.1. The molecule has 9 atom stereocenters. The van der Waals surface area contributed by atoms with E-state index in [0.717, 1.165) is 0 Å². The highest BCUT2D eigenvalue weighted by molar-refractivity contribution is 5.89. The van der Waals surface area contributed by atoms with Crippen molar-refractivity contribution in [3.05, 3.63) is 48.3 Å². The number of carbonyl (C=O) groups is 3. The maximum absolute atomic E-state index is 13.4. The summed E-state index contributed by atoms with van der Waals surface area (Å²) in [6, 6.07) is 2.79. The lowest BCUT2D eigenvalue weighted by molar-refractivity contribution is -0.354. The van der Waals surface area contributed by atoms with Gasteiger partial charge in [-0.25, -0.2) is 9.59 Å². The van der Waals surface area contributed by atoms with Crippen LogP contribution in [0.1, 0.15) is 74.6 Å². The number of hydrogen-bond acceptors (Lipinski definition) is 12. The third-order valence-electron chi connectivity index (χ3n) is 9.63. The van der Waals surface area contributed by atoms with Crippen molar-refractivity contribution in [3.63, 3.8) is 0 Å². The minimum absolute atomic E-state index is 0.0179. The smallest absolute Gasteiger partial charge is 0.341 e. The molecule has 3 heterocycles. The van der Waals surface area contributed by atoms with Gasteiger partial charge >= 0.3 is 17.9 Å². The molecular formula is C30H38O12. The summed E-state index contributed by atoms with van der Waals surface area (Å²) in [4.78, 5) is 39.8. The fraction of sp³-hybridized carbons (Fsp3) is 0.633. The average Bonchev–Trinajstić information content (AvgIpc) is 3.69. The Morgan fingerprint density at radius 2 is 1.62 bits per heavy atom. The summed E-state index contributed by atoms with van der Waals surface area (Å²) in [5.74, 6) is -3.52. The molecule has 3 fully saturated rings. The molecule has 1 spiro atoms. The summed E-state index contributed by atoms with van der Waals surface area (Å²) in [6.07, 6.45) is -0.466. The normalized spacial score (nSPS) is 37.4. The van der Waals surface area contributed by atoms with Crippen LogP contribution in [0.2, 0.25) is 0 Å². The van der Waals surface area contributed by atoms with Crippen LogP contribution in [0.4, 0.5) is 0 Å². The van der Waals surface area contributed by atoms with E-state index in [1.165, 1.54) is 44.1 Å². The van der Waals surface area contributed by atoms with Crippen LogP contribution in [0.25, 0.3) is 0 Å². The first kappa shape index (κ1) is 30.3. The molecule has 0 amide bonds. The minimum Gasteiger partial charge on any atom is -0.472 e.